The lowest BCUT2D eigenvalue weighted by Gasteiger charge is -2.16. The fourth-order valence-corrected chi connectivity index (χ4v) is 3.45. The first-order chi connectivity index (χ1) is 18.0. The molecule has 2 heterocycles. The normalized spacial score (nSPS) is 14.2. The molecule has 0 atom stereocenters. The van der Waals surface area contributed by atoms with Gasteiger partial charge in [0.25, 0.3) is 5.91 Å². The van der Waals surface area contributed by atoms with Crippen LogP contribution in [0.25, 0.3) is 11.3 Å². The molecule has 1 aliphatic carbocycles. The summed E-state index contributed by atoms with van der Waals surface area (Å²) in [5.41, 5.74) is 1.27. The van der Waals surface area contributed by atoms with E-state index in [0.717, 1.165) is 12.8 Å². The fourth-order valence-electron chi connectivity index (χ4n) is 3.45. The number of benzene rings is 1. The van der Waals surface area contributed by atoms with Crippen molar-refractivity contribution in [2.45, 2.75) is 12.8 Å². The molecule has 2 aromatic heterocycles. The van der Waals surface area contributed by atoms with Crippen molar-refractivity contribution < 1.29 is 28.0 Å². The molecule has 1 saturated carbocycles. The molecule has 0 spiro atoms. The van der Waals surface area contributed by atoms with Gasteiger partial charge in [-0.15, -0.1) is 10.2 Å². The van der Waals surface area contributed by atoms with E-state index in [4.69, 9.17) is 13.6 Å². The number of rotatable bonds is 8. The molecule has 12 nitrogen and oxygen atoms in total. The van der Waals surface area contributed by atoms with E-state index in [1.165, 1.54) is 25.0 Å². The van der Waals surface area contributed by atoms with E-state index in [1.807, 2.05) is 5.32 Å². The smallest absolute Gasteiger partial charge is 0.356 e. The van der Waals surface area contributed by atoms with Crippen molar-refractivity contribution in [1.29, 1.82) is 0 Å². The van der Waals surface area contributed by atoms with E-state index in [1.54, 1.807) is 31.3 Å². The maximum Gasteiger partial charge on any atom is 0.356 e. The minimum Gasteiger partial charge on any atom is -0.494 e. The quantitative estimate of drug-likeness (QED) is 0.410. The first-order valence-electron chi connectivity index (χ1n) is 12.1. The van der Waals surface area contributed by atoms with Crippen LogP contribution < -0.4 is 20.7 Å². The molecule has 3 aromatic rings. The Morgan fingerprint density at radius 1 is 1.14 bits per heavy atom. The molecule has 4 rings (SSSR count). The molecule has 1 aliphatic rings. The second kappa shape index (κ2) is 9.79. The number of aryl methyl sites for hydroxylation is 1. The van der Waals surface area contributed by atoms with Gasteiger partial charge in [-0.05, 0) is 31.0 Å². The predicted octanol–water partition coefficient (Wildman–Crippen LogP) is 2.12. The van der Waals surface area contributed by atoms with Gasteiger partial charge in [0.15, 0.2) is 17.3 Å². The molecular formula is C23H25N7O5. The van der Waals surface area contributed by atoms with Gasteiger partial charge in [0, 0.05) is 35.7 Å². The zero-order chi connectivity index (χ0) is 27.6. The average Bonchev–Trinajstić information content (AvgIpc) is 3.64. The number of nitrogens with one attached hydrogen (secondary N) is 3. The lowest BCUT2D eigenvalue weighted by Crippen LogP contribution is -2.22. The summed E-state index contributed by atoms with van der Waals surface area (Å²) in [7, 11) is 4.30. The molecule has 0 saturated heterocycles. The summed E-state index contributed by atoms with van der Waals surface area (Å²) in [6, 6.07) is 7.99. The fraction of sp³-hybridized carbons (Fsp3) is 0.304. The lowest BCUT2D eigenvalue weighted by atomic mass is 10.1. The van der Waals surface area contributed by atoms with Gasteiger partial charge in [0.2, 0.25) is 5.91 Å². The maximum absolute atomic E-state index is 12.7. The van der Waals surface area contributed by atoms with Crippen LogP contribution in [0.5, 0.6) is 5.75 Å². The number of nitrogens with zero attached hydrogens (tertiary/aromatic N) is 4. The van der Waals surface area contributed by atoms with Crippen LogP contribution in [0.4, 0.5) is 17.2 Å². The molecule has 35 heavy (non-hydrogen) atoms. The second-order valence-corrected chi connectivity index (χ2v) is 7.75. The van der Waals surface area contributed by atoms with Crippen molar-refractivity contribution in [2.75, 3.05) is 31.8 Å². The molecule has 1 fully saturated rings. The Morgan fingerprint density at radius 3 is 2.63 bits per heavy atom. The first-order valence-corrected chi connectivity index (χ1v) is 10.6. The molecule has 0 radical (unpaired) electrons. The Balaban J connectivity index is 1.74. The van der Waals surface area contributed by atoms with Gasteiger partial charge in [-0.1, -0.05) is 6.07 Å². The molecular weight excluding hydrogens is 454 g/mol. The summed E-state index contributed by atoms with van der Waals surface area (Å²) in [4.78, 5) is 37.0. The topological polar surface area (TPSA) is 149 Å². The average molecular weight is 483 g/mol. The van der Waals surface area contributed by atoms with Gasteiger partial charge >= 0.3 is 5.97 Å². The lowest BCUT2D eigenvalue weighted by molar-refractivity contribution is -0.117. The Morgan fingerprint density at radius 2 is 1.94 bits per heavy atom. The summed E-state index contributed by atoms with van der Waals surface area (Å²) in [5, 5.41) is 19.7. The number of hydrogen-bond acceptors (Lipinski definition) is 9. The number of esters is 1. The number of hydrogen-bond donors (Lipinski definition) is 3. The second-order valence-electron chi connectivity index (χ2n) is 7.75. The van der Waals surface area contributed by atoms with E-state index < -0.39 is 18.9 Å². The summed E-state index contributed by atoms with van der Waals surface area (Å²) in [6.45, 7) is -2.76. The molecule has 2 amide bonds. The molecule has 0 bridgehead atoms. The maximum atomic E-state index is 12.7. The Labute approximate surface area is 205 Å². The minimum atomic E-state index is -2.76. The van der Waals surface area contributed by atoms with Crippen molar-refractivity contribution in [3.8, 4) is 17.0 Å². The first kappa shape index (κ1) is 19.9. The molecule has 0 unspecified atom stereocenters. The van der Waals surface area contributed by atoms with Gasteiger partial charge in [-0.3, -0.25) is 14.3 Å². The van der Waals surface area contributed by atoms with Gasteiger partial charge in [-0.25, -0.2) is 4.79 Å². The summed E-state index contributed by atoms with van der Waals surface area (Å²) in [5.74, 6) is -1.49. The van der Waals surface area contributed by atoms with Crippen LogP contribution in [-0.2, 0) is 16.6 Å². The number of methoxy groups -OCH3 is 2. The van der Waals surface area contributed by atoms with Crippen LogP contribution in [-0.4, -0.2) is 59.0 Å². The van der Waals surface area contributed by atoms with Gasteiger partial charge in [0.05, 0.1) is 31.3 Å². The number of para-hydroxylation sites is 1. The van der Waals surface area contributed by atoms with Crippen molar-refractivity contribution in [3.63, 3.8) is 0 Å². The highest BCUT2D eigenvalue weighted by atomic mass is 16.5. The van der Waals surface area contributed by atoms with Crippen LogP contribution in [0, 0.1) is 5.92 Å². The zero-order valence-electron chi connectivity index (χ0n) is 22.2. The van der Waals surface area contributed by atoms with Crippen LogP contribution in [0.1, 0.15) is 37.9 Å². The summed E-state index contributed by atoms with van der Waals surface area (Å²) < 4.78 is 33.9. The summed E-state index contributed by atoms with van der Waals surface area (Å²) in [6.07, 6.45) is 1.55. The van der Waals surface area contributed by atoms with Crippen LogP contribution in [0.3, 0.4) is 0 Å². The van der Waals surface area contributed by atoms with Crippen molar-refractivity contribution in [3.05, 3.63) is 41.7 Å². The third-order valence-corrected chi connectivity index (χ3v) is 5.36. The SMILES string of the molecule is [2H]C([2H])([2H])NC(=O)c1nnc(NC(=O)C2CC2)cc1Nc1cccc(-c2cc(C(=O)OC)n(C)n2)c1OC. The highest BCUT2D eigenvalue weighted by Crippen LogP contribution is 2.38. The highest BCUT2D eigenvalue weighted by Gasteiger charge is 2.30. The standard InChI is InChI=1S/C23H25N7O5/c1-24-22(32)19-16(11-18(27-28-19)26-21(31)12-8-9-12)25-14-7-5-6-13(20(14)34-3)15-10-17(23(33)35-4)30(2)29-15/h5-7,10-12H,8-9H2,1-4H3,(H,24,32)(H2,25,26,27,31)/i1D3. The molecule has 12 heteroatoms. The van der Waals surface area contributed by atoms with E-state index >= 15 is 0 Å². The summed E-state index contributed by atoms with van der Waals surface area (Å²) >= 11 is 0. The minimum absolute atomic E-state index is 0.0690. The van der Waals surface area contributed by atoms with E-state index in [9.17, 15) is 14.4 Å². The Kier molecular flexibility index (Phi) is 5.58. The third kappa shape index (κ3) is 4.90. The highest BCUT2D eigenvalue weighted by molar-refractivity contribution is 6.00. The number of aromatic nitrogens is 4. The molecule has 3 N–H and O–H groups in total. The Bertz CT molecular complexity index is 1400. The predicted molar refractivity (Wildman–Crippen MR) is 127 cm³/mol. The number of anilines is 3. The van der Waals surface area contributed by atoms with Crippen LogP contribution >= 0.6 is 0 Å². The number of carbonyl (C=O) groups is 3. The Hall–Kier alpha value is -4.48. The van der Waals surface area contributed by atoms with Crippen LogP contribution in [0.15, 0.2) is 30.3 Å². The van der Waals surface area contributed by atoms with Gasteiger partial charge < -0.3 is 25.4 Å². The van der Waals surface area contributed by atoms with Crippen molar-refractivity contribution in [1.82, 2.24) is 25.3 Å². The molecule has 0 aliphatic heterocycles. The van der Waals surface area contributed by atoms with Gasteiger partial charge in [-0.2, -0.15) is 5.10 Å². The number of carbonyl (C=O) groups excluding carboxylic acids is 3. The zero-order valence-corrected chi connectivity index (χ0v) is 19.2. The third-order valence-electron chi connectivity index (χ3n) is 5.36. The van der Waals surface area contributed by atoms with E-state index in [-0.39, 0.29) is 34.7 Å². The van der Waals surface area contributed by atoms with E-state index in [0.29, 0.717) is 22.7 Å². The van der Waals surface area contributed by atoms with Gasteiger partial charge in [0.1, 0.15) is 5.69 Å². The molecule has 182 valence electrons. The monoisotopic (exact) mass is 482 g/mol. The largest absolute Gasteiger partial charge is 0.494 e. The van der Waals surface area contributed by atoms with Crippen LogP contribution in [0.2, 0.25) is 0 Å². The van der Waals surface area contributed by atoms with Crippen molar-refractivity contribution in [2.24, 2.45) is 13.0 Å². The number of amides is 2. The van der Waals surface area contributed by atoms with E-state index in [2.05, 4.69) is 25.9 Å². The molecule has 1 aromatic carbocycles. The van der Waals surface area contributed by atoms with Crippen molar-refractivity contribution >= 4 is 35.0 Å². The number of ether oxygens (including phenoxy) is 2.